The van der Waals surface area contributed by atoms with Crippen LogP contribution in [0.2, 0.25) is 0 Å². The lowest BCUT2D eigenvalue weighted by molar-refractivity contribution is 0.549. The number of hydrogen-bond acceptors (Lipinski definition) is 3. The largest absolute Gasteiger partial charge is 0.308 e. The number of hydrogen-bond donors (Lipinski definition) is 1. The van der Waals surface area contributed by atoms with Crippen LogP contribution >= 0.6 is 0 Å². The molecule has 0 amide bonds. The van der Waals surface area contributed by atoms with Gasteiger partial charge in [0.1, 0.15) is 5.82 Å². The van der Waals surface area contributed by atoms with E-state index in [2.05, 4.69) is 15.6 Å². The van der Waals surface area contributed by atoms with Crippen molar-refractivity contribution in [2.75, 3.05) is 7.05 Å². The minimum absolute atomic E-state index is 0.217. The lowest BCUT2D eigenvalue weighted by atomic mass is 10.0. The SMILES string of the molecule is CNC(c1ccc(C)cc1F)c1cnnn1C. The van der Waals surface area contributed by atoms with Crippen LogP contribution in [-0.4, -0.2) is 22.0 Å². The highest BCUT2D eigenvalue weighted by Crippen LogP contribution is 2.23. The second-order valence-electron chi connectivity index (χ2n) is 4.03. The molecule has 0 saturated heterocycles. The second kappa shape index (κ2) is 4.63. The highest BCUT2D eigenvalue weighted by atomic mass is 19.1. The van der Waals surface area contributed by atoms with Crippen molar-refractivity contribution in [3.63, 3.8) is 0 Å². The highest BCUT2D eigenvalue weighted by Gasteiger charge is 2.19. The predicted molar refractivity (Wildman–Crippen MR) is 63.0 cm³/mol. The molecule has 0 aliphatic carbocycles. The zero-order valence-corrected chi connectivity index (χ0v) is 10.1. The average molecular weight is 234 g/mol. The van der Waals surface area contributed by atoms with Crippen LogP contribution in [0.3, 0.4) is 0 Å². The number of aromatic nitrogens is 3. The fourth-order valence-electron chi connectivity index (χ4n) is 1.89. The quantitative estimate of drug-likeness (QED) is 0.876. The number of benzene rings is 1. The van der Waals surface area contributed by atoms with E-state index in [1.54, 1.807) is 31.0 Å². The summed E-state index contributed by atoms with van der Waals surface area (Å²) in [7, 11) is 3.58. The first kappa shape index (κ1) is 11.7. The van der Waals surface area contributed by atoms with Gasteiger partial charge in [-0.25, -0.2) is 4.39 Å². The molecule has 1 unspecified atom stereocenters. The minimum Gasteiger partial charge on any atom is -0.308 e. The molecule has 0 fully saturated rings. The molecular weight excluding hydrogens is 219 g/mol. The van der Waals surface area contributed by atoms with Gasteiger partial charge in [-0.15, -0.1) is 5.10 Å². The van der Waals surface area contributed by atoms with Crippen LogP contribution in [0.15, 0.2) is 24.4 Å². The van der Waals surface area contributed by atoms with Gasteiger partial charge in [-0.3, -0.25) is 4.68 Å². The summed E-state index contributed by atoms with van der Waals surface area (Å²) in [6.45, 7) is 1.87. The Morgan fingerprint density at radius 1 is 1.41 bits per heavy atom. The van der Waals surface area contributed by atoms with Crippen LogP contribution in [-0.2, 0) is 7.05 Å². The second-order valence-corrected chi connectivity index (χ2v) is 4.03. The van der Waals surface area contributed by atoms with Crippen molar-refractivity contribution in [3.8, 4) is 0 Å². The molecule has 0 saturated carbocycles. The molecule has 1 atom stereocenters. The Labute approximate surface area is 99.5 Å². The van der Waals surface area contributed by atoms with Gasteiger partial charge >= 0.3 is 0 Å². The van der Waals surface area contributed by atoms with E-state index < -0.39 is 0 Å². The Kier molecular flexibility index (Phi) is 3.19. The maximum Gasteiger partial charge on any atom is 0.128 e. The Morgan fingerprint density at radius 2 is 2.18 bits per heavy atom. The van der Waals surface area contributed by atoms with Crippen LogP contribution < -0.4 is 5.32 Å². The minimum atomic E-state index is -0.240. The predicted octanol–water partition coefficient (Wildman–Crippen LogP) is 1.57. The third-order valence-electron chi connectivity index (χ3n) is 2.80. The first-order valence-electron chi connectivity index (χ1n) is 5.41. The van der Waals surface area contributed by atoms with Gasteiger partial charge in [-0.05, 0) is 25.6 Å². The van der Waals surface area contributed by atoms with Crippen LogP contribution in [0, 0.1) is 12.7 Å². The fourth-order valence-corrected chi connectivity index (χ4v) is 1.89. The molecular formula is C12H15FN4. The van der Waals surface area contributed by atoms with Crippen molar-refractivity contribution >= 4 is 0 Å². The van der Waals surface area contributed by atoms with Crippen molar-refractivity contribution in [3.05, 3.63) is 47.0 Å². The van der Waals surface area contributed by atoms with Crippen molar-refractivity contribution in [2.45, 2.75) is 13.0 Å². The first-order valence-corrected chi connectivity index (χ1v) is 5.41. The van der Waals surface area contributed by atoms with E-state index in [9.17, 15) is 4.39 Å². The molecule has 1 aromatic heterocycles. The molecule has 4 nitrogen and oxygen atoms in total. The number of nitrogens with one attached hydrogen (secondary N) is 1. The summed E-state index contributed by atoms with van der Waals surface area (Å²) in [4.78, 5) is 0. The molecule has 0 radical (unpaired) electrons. The average Bonchev–Trinajstić information content (AvgIpc) is 2.69. The van der Waals surface area contributed by atoms with Crippen molar-refractivity contribution in [1.82, 2.24) is 20.3 Å². The summed E-state index contributed by atoms with van der Waals surface area (Å²) in [5, 5.41) is 10.8. The van der Waals surface area contributed by atoms with E-state index in [0.717, 1.165) is 11.3 Å². The lowest BCUT2D eigenvalue weighted by Gasteiger charge is -2.17. The summed E-state index contributed by atoms with van der Waals surface area (Å²) in [6, 6.07) is 4.98. The third kappa shape index (κ3) is 2.19. The Bertz CT molecular complexity index is 521. The Balaban J connectivity index is 2.46. The fraction of sp³-hybridized carbons (Fsp3) is 0.333. The summed E-state index contributed by atoms with van der Waals surface area (Å²) < 4.78 is 15.6. The smallest absolute Gasteiger partial charge is 0.128 e. The van der Waals surface area contributed by atoms with Gasteiger partial charge in [-0.2, -0.15) is 0 Å². The summed E-state index contributed by atoms with van der Waals surface area (Å²) >= 11 is 0. The van der Waals surface area contributed by atoms with Crippen molar-refractivity contribution in [2.24, 2.45) is 7.05 Å². The zero-order chi connectivity index (χ0) is 12.4. The van der Waals surface area contributed by atoms with Crippen LogP contribution in [0.25, 0.3) is 0 Å². The summed E-state index contributed by atoms with van der Waals surface area (Å²) in [5.74, 6) is -0.217. The van der Waals surface area contributed by atoms with Gasteiger partial charge < -0.3 is 5.32 Å². The maximum atomic E-state index is 13.9. The molecule has 1 N–H and O–H groups in total. The van der Waals surface area contributed by atoms with Gasteiger partial charge in [0, 0.05) is 12.6 Å². The molecule has 1 aromatic carbocycles. The van der Waals surface area contributed by atoms with Crippen molar-refractivity contribution in [1.29, 1.82) is 0 Å². The molecule has 17 heavy (non-hydrogen) atoms. The van der Waals surface area contributed by atoms with Gasteiger partial charge in [0.15, 0.2) is 0 Å². The maximum absolute atomic E-state index is 13.9. The first-order chi connectivity index (χ1) is 8.13. The van der Waals surface area contributed by atoms with Crippen LogP contribution in [0.1, 0.15) is 22.9 Å². The summed E-state index contributed by atoms with van der Waals surface area (Å²) in [6.07, 6.45) is 1.64. The van der Waals surface area contributed by atoms with Gasteiger partial charge in [-0.1, -0.05) is 17.3 Å². The number of aryl methyl sites for hydroxylation is 2. The van der Waals surface area contributed by atoms with E-state index in [1.807, 2.05) is 13.0 Å². The van der Waals surface area contributed by atoms with E-state index in [4.69, 9.17) is 0 Å². The standard InChI is InChI=1S/C12H15FN4/c1-8-4-5-9(10(13)6-8)12(14-2)11-7-15-16-17(11)3/h4-7,12,14H,1-3H3. The normalized spacial score (nSPS) is 12.7. The van der Waals surface area contributed by atoms with Crippen LogP contribution in [0.4, 0.5) is 4.39 Å². The van der Waals surface area contributed by atoms with Crippen molar-refractivity contribution < 1.29 is 4.39 Å². The van der Waals surface area contributed by atoms with Gasteiger partial charge in [0.05, 0.1) is 17.9 Å². The molecule has 2 aromatic rings. The number of halogens is 1. The molecule has 5 heteroatoms. The lowest BCUT2D eigenvalue weighted by Crippen LogP contribution is -2.21. The number of rotatable bonds is 3. The molecule has 0 aliphatic rings. The third-order valence-corrected chi connectivity index (χ3v) is 2.80. The number of nitrogens with zero attached hydrogens (tertiary/aromatic N) is 3. The Morgan fingerprint density at radius 3 is 2.71 bits per heavy atom. The Hall–Kier alpha value is -1.75. The highest BCUT2D eigenvalue weighted by molar-refractivity contribution is 5.30. The van der Waals surface area contributed by atoms with Gasteiger partial charge in [0.2, 0.25) is 0 Å². The molecule has 1 heterocycles. The van der Waals surface area contributed by atoms with E-state index in [0.29, 0.717) is 5.56 Å². The monoisotopic (exact) mass is 234 g/mol. The molecule has 90 valence electrons. The molecule has 0 bridgehead atoms. The van der Waals surface area contributed by atoms with E-state index >= 15 is 0 Å². The van der Waals surface area contributed by atoms with Gasteiger partial charge in [0.25, 0.3) is 0 Å². The zero-order valence-electron chi connectivity index (χ0n) is 10.1. The van der Waals surface area contributed by atoms with E-state index in [1.165, 1.54) is 6.07 Å². The molecule has 0 aliphatic heterocycles. The molecule has 0 spiro atoms. The van der Waals surface area contributed by atoms with E-state index in [-0.39, 0.29) is 11.9 Å². The van der Waals surface area contributed by atoms with Crippen LogP contribution in [0.5, 0.6) is 0 Å². The topological polar surface area (TPSA) is 42.7 Å². The summed E-state index contributed by atoms with van der Waals surface area (Å²) in [5.41, 5.74) is 2.34. The molecule has 2 rings (SSSR count).